The van der Waals surface area contributed by atoms with Gasteiger partial charge in [-0.1, -0.05) is 26.8 Å². The van der Waals surface area contributed by atoms with Crippen molar-refractivity contribution in [3.8, 4) is 11.5 Å². The summed E-state index contributed by atoms with van der Waals surface area (Å²) in [6.45, 7) is 8.09. The maximum atomic E-state index is 13.3. The molecule has 6 heteroatoms. The number of unbranched alkanes of at least 4 members (excludes halogenated alkanes) is 1. The maximum absolute atomic E-state index is 13.3. The molecule has 0 amide bonds. The summed E-state index contributed by atoms with van der Waals surface area (Å²) in [6.07, 6.45) is 4.30. The first kappa shape index (κ1) is 21.3. The van der Waals surface area contributed by atoms with Gasteiger partial charge in [0, 0.05) is 29.9 Å². The Balaban J connectivity index is 2.02. The Bertz CT molecular complexity index is 1080. The molecule has 0 saturated heterocycles. The molecule has 6 nitrogen and oxygen atoms in total. The number of furan rings is 1. The first-order valence-corrected chi connectivity index (χ1v) is 10.2. The molecule has 2 aromatic carbocycles. The van der Waals surface area contributed by atoms with Gasteiger partial charge in [-0.25, -0.2) is 0 Å². The van der Waals surface area contributed by atoms with Gasteiger partial charge >= 0.3 is 0 Å². The number of nitrogens with two attached hydrogens (primary N) is 2. The van der Waals surface area contributed by atoms with E-state index >= 15 is 0 Å². The van der Waals surface area contributed by atoms with Crippen LogP contribution in [-0.2, 0) is 6.42 Å². The van der Waals surface area contributed by atoms with E-state index in [1.165, 1.54) is 12.1 Å². The third-order valence-electron chi connectivity index (χ3n) is 4.94. The van der Waals surface area contributed by atoms with Crippen molar-refractivity contribution in [2.24, 2.45) is 0 Å². The number of ketones is 1. The van der Waals surface area contributed by atoms with Crippen LogP contribution in [0.3, 0.4) is 0 Å². The lowest BCUT2D eigenvalue weighted by Crippen LogP contribution is -2.06. The summed E-state index contributed by atoms with van der Waals surface area (Å²) in [5.74, 6) is 1.45. The fraction of sp³-hybridized carbons (Fsp3) is 0.292. The van der Waals surface area contributed by atoms with E-state index < -0.39 is 0 Å². The Kier molecular flexibility index (Phi) is 6.35. The number of ether oxygens (including phenoxy) is 1. The molecule has 1 heterocycles. The number of carbonyl (C=O) groups excluding carboxylic acids is 1. The van der Waals surface area contributed by atoms with Gasteiger partial charge in [0.2, 0.25) is 0 Å². The molecule has 0 unspecified atom stereocenters. The Hall–Kier alpha value is -3.41. The topological polar surface area (TPSA) is 112 Å². The maximum Gasteiger partial charge on any atom is 0.197 e. The number of allylic oxidation sites excluding steroid dienone is 1. The minimum atomic E-state index is -0.253. The first-order valence-electron chi connectivity index (χ1n) is 10.2. The summed E-state index contributed by atoms with van der Waals surface area (Å²) in [5, 5.41) is 10.5. The smallest absolute Gasteiger partial charge is 0.197 e. The predicted octanol–water partition coefficient (Wildman–Crippen LogP) is 5.57. The van der Waals surface area contributed by atoms with Crippen LogP contribution in [-0.4, -0.2) is 10.9 Å². The molecule has 0 aliphatic carbocycles. The predicted molar refractivity (Wildman–Crippen MR) is 120 cm³/mol. The minimum absolute atomic E-state index is 0.0597. The highest BCUT2D eigenvalue weighted by Crippen LogP contribution is 2.35. The molecular weight excluding hydrogens is 380 g/mol. The Labute approximate surface area is 176 Å². The molecule has 3 rings (SSSR count). The fourth-order valence-corrected chi connectivity index (χ4v) is 3.39. The molecule has 5 N–H and O–H groups in total. The Morgan fingerprint density at radius 1 is 1.13 bits per heavy atom. The number of aryl methyl sites for hydroxylation is 1. The molecular formula is C24H28N2O4. The number of carbonyl (C=O) groups is 1. The van der Waals surface area contributed by atoms with Crippen molar-refractivity contribution in [1.29, 1.82) is 0 Å². The molecule has 0 saturated carbocycles. The van der Waals surface area contributed by atoms with Gasteiger partial charge in [0.05, 0.1) is 22.7 Å². The monoisotopic (exact) mass is 408 g/mol. The number of phenols is 1. The molecule has 1 aromatic heterocycles. The third kappa shape index (κ3) is 4.27. The van der Waals surface area contributed by atoms with Crippen LogP contribution in [0.2, 0.25) is 0 Å². The van der Waals surface area contributed by atoms with Crippen LogP contribution in [0.25, 0.3) is 11.0 Å². The highest BCUT2D eigenvalue weighted by molar-refractivity contribution is 6.17. The lowest BCUT2D eigenvalue weighted by atomic mass is 9.97. The van der Waals surface area contributed by atoms with Crippen LogP contribution in [0, 0.1) is 0 Å². The standard InChI is InChI=1S/C24H28N2O4/c1-4-6-8-14(3)29-16-9-10-17-21(13-16)30-20(7-5-2)22(17)23(27)15-11-18(25)24(28)19(26)12-15/h9-13,28H,3-8,25-26H2,1-2H3. The number of nitrogen functional groups attached to an aromatic ring is 2. The van der Waals surface area contributed by atoms with Crippen molar-refractivity contribution in [1.82, 2.24) is 0 Å². The van der Waals surface area contributed by atoms with E-state index in [9.17, 15) is 9.90 Å². The number of benzene rings is 2. The van der Waals surface area contributed by atoms with Gasteiger partial charge in [-0.3, -0.25) is 4.79 Å². The highest BCUT2D eigenvalue weighted by Gasteiger charge is 2.23. The van der Waals surface area contributed by atoms with E-state index in [-0.39, 0.29) is 22.9 Å². The summed E-state index contributed by atoms with van der Waals surface area (Å²) < 4.78 is 11.9. The molecule has 0 fully saturated rings. The molecule has 0 radical (unpaired) electrons. The Morgan fingerprint density at radius 2 is 1.83 bits per heavy atom. The normalized spacial score (nSPS) is 11.0. The molecule has 0 aliphatic heterocycles. The lowest BCUT2D eigenvalue weighted by molar-refractivity contribution is 0.103. The number of fused-ring (bicyclic) bond motifs is 1. The van der Waals surface area contributed by atoms with E-state index in [0.717, 1.165) is 25.7 Å². The fourth-order valence-electron chi connectivity index (χ4n) is 3.39. The van der Waals surface area contributed by atoms with E-state index in [1.54, 1.807) is 12.1 Å². The third-order valence-corrected chi connectivity index (χ3v) is 4.94. The first-order chi connectivity index (χ1) is 14.3. The van der Waals surface area contributed by atoms with Gasteiger partial charge in [-0.15, -0.1) is 0 Å². The van der Waals surface area contributed by atoms with Crippen LogP contribution < -0.4 is 16.2 Å². The van der Waals surface area contributed by atoms with E-state index in [2.05, 4.69) is 13.5 Å². The average Bonchev–Trinajstić information content (AvgIpc) is 3.06. The van der Waals surface area contributed by atoms with Gasteiger partial charge in [-0.2, -0.15) is 0 Å². The number of rotatable bonds is 9. The number of phenolic OH excluding ortho intramolecular Hbond substituents is 1. The van der Waals surface area contributed by atoms with Gasteiger partial charge in [0.15, 0.2) is 11.5 Å². The molecule has 0 spiro atoms. The zero-order valence-corrected chi connectivity index (χ0v) is 17.5. The van der Waals surface area contributed by atoms with Crippen LogP contribution in [0.1, 0.15) is 61.2 Å². The summed E-state index contributed by atoms with van der Waals surface area (Å²) in [6, 6.07) is 8.26. The van der Waals surface area contributed by atoms with Gasteiger partial charge in [0.25, 0.3) is 0 Å². The van der Waals surface area contributed by atoms with E-state index in [4.69, 9.17) is 20.6 Å². The SMILES string of the molecule is C=C(CCCC)Oc1ccc2c(C(=O)c3cc(N)c(O)c(N)c3)c(CCC)oc2c1. The summed E-state index contributed by atoms with van der Waals surface area (Å²) in [4.78, 5) is 13.3. The molecule has 158 valence electrons. The zero-order chi connectivity index (χ0) is 21.8. The quantitative estimate of drug-likeness (QED) is 0.185. The highest BCUT2D eigenvalue weighted by atomic mass is 16.5. The number of hydrogen-bond donors (Lipinski definition) is 3. The minimum Gasteiger partial charge on any atom is -0.504 e. The van der Waals surface area contributed by atoms with Crippen molar-refractivity contribution < 1.29 is 19.1 Å². The molecule has 30 heavy (non-hydrogen) atoms. The van der Waals surface area contributed by atoms with Crippen molar-refractivity contribution in [3.05, 3.63) is 59.6 Å². The Morgan fingerprint density at radius 3 is 2.47 bits per heavy atom. The molecule has 3 aromatic rings. The van der Waals surface area contributed by atoms with E-state index in [1.807, 2.05) is 13.0 Å². The molecule has 0 aliphatic rings. The second-order valence-corrected chi connectivity index (χ2v) is 7.38. The molecule has 0 atom stereocenters. The van der Waals surface area contributed by atoms with Gasteiger partial charge in [0.1, 0.15) is 17.1 Å². The summed E-state index contributed by atoms with van der Waals surface area (Å²) in [7, 11) is 0. The van der Waals surface area contributed by atoms with Crippen LogP contribution in [0.15, 0.2) is 47.1 Å². The second kappa shape index (κ2) is 8.95. The average molecular weight is 408 g/mol. The number of aromatic hydroxyl groups is 1. The van der Waals surface area contributed by atoms with Crippen molar-refractivity contribution in [2.75, 3.05) is 11.5 Å². The number of anilines is 2. The lowest BCUT2D eigenvalue weighted by Gasteiger charge is -2.08. The van der Waals surface area contributed by atoms with Crippen LogP contribution >= 0.6 is 0 Å². The van der Waals surface area contributed by atoms with Gasteiger partial charge in [-0.05, 0) is 37.1 Å². The molecule has 0 bridgehead atoms. The van der Waals surface area contributed by atoms with E-state index in [0.29, 0.717) is 45.8 Å². The number of hydrogen-bond acceptors (Lipinski definition) is 6. The van der Waals surface area contributed by atoms with Crippen molar-refractivity contribution in [2.45, 2.75) is 46.0 Å². The largest absolute Gasteiger partial charge is 0.504 e. The van der Waals surface area contributed by atoms with Gasteiger partial charge < -0.3 is 25.7 Å². The van der Waals surface area contributed by atoms with Crippen molar-refractivity contribution in [3.63, 3.8) is 0 Å². The summed E-state index contributed by atoms with van der Waals surface area (Å²) >= 11 is 0. The van der Waals surface area contributed by atoms with Crippen LogP contribution in [0.5, 0.6) is 11.5 Å². The van der Waals surface area contributed by atoms with Crippen molar-refractivity contribution >= 4 is 28.1 Å². The summed E-state index contributed by atoms with van der Waals surface area (Å²) in [5.41, 5.74) is 13.1. The van der Waals surface area contributed by atoms with Crippen LogP contribution in [0.4, 0.5) is 11.4 Å². The zero-order valence-electron chi connectivity index (χ0n) is 17.5. The second-order valence-electron chi connectivity index (χ2n) is 7.38.